The maximum atomic E-state index is 11.8. The van der Waals surface area contributed by atoms with Crippen molar-refractivity contribution in [1.29, 1.82) is 0 Å². The molecule has 1 saturated carbocycles. The molecule has 100 valence electrons. The number of esters is 1. The molecule has 5 nitrogen and oxygen atoms in total. The van der Waals surface area contributed by atoms with E-state index in [0.29, 0.717) is 12.6 Å². The number of rotatable bonds is 5. The van der Waals surface area contributed by atoms with Gasteiger partial charge in [-0.1, -0.05) is 0 Å². The number of nitrogens with zero attached hydrogens (tertiary/aromatic N) is 2. The molecule has 1 aliphatic rings. The van der Waals surface area contributed by atoms with Crippen LogP contribution in [-0.2, 0) is 16.1 Å². The van der Waals surface area contributed by atoms with Crippen LogP contribution in [0.2, 0.25) is 0 Å². The Hall–Kier alpha value is -1.36. The van der Waals surface area contributed by atoms with Crippen LogP contribution in [0.25, 0.3) is 0 Å². The average molecular weight is 251 g/mol. The van der Waals surface area contributed by atoms with Gasteiger partial charge in [-0.05, 0) is 39.2 Å². The van der Waals surface area contributed by atoms with Gasteiger partial charge < -0.3 is 10.1 Å². The fourth-order valence-electron chi connectivity index (χ4n) is 2.01. The van der Waals surface area contributed by atoms with Crippen LogP contribution in [0.3, 0.4) is 0 Å². The third-order valence-corrected chi connectivity index (χ3v) is 3.60. The van der Waals surface area contributed by atoms with Gasteiger partial charge in [-0.3, -0.25) is 9.48 Å². The van der Waals surface area contributed by atoms with E-state index in [9.17, 15) is 4.79 Å². The van der Waals surface area contributed by atoms with E-state index in [4.69, 9.17) is 4.74 Å². The van der Waals surface area contributed by atoms with E-state index in [1.54, 1.807) is 0 Å². The molecule has 0 spiro atoms. The lowest BCUT2D eigenvalue weighted by molar-refractivity contribution is -0.143. The summed E-state index contributed by atoms with van der Waals surface area (Å²) in [6, 6.07) is 0.159. The Morgan fingerprint density at radius 1 is 1.50 bits per heavy atom. The van der Waals surface area contributed by atoms with E-state index in [-0.39, 0.29) is 12.0 Å². The van der Waals surface area contributed by atoms with Crippen molar-refractivity contribution in [2.45, 2.75) is 52.2 Å². The Labute approximate surface area is 108 Å². The number of hydrogen-bond acceptors (Lipinski definition) is 4. The molecule has 18 heavy (non-hydrogen) atoms. The molecule has 0 bridgehead atoms. The van der Waals surface area contributed by atoms with Crippen molar-refractivity contribution in [3.63, 3.8) is 0 Å². The number of aromatic nitrogens is 2. The van der Waals surface area contributed by atoms with Crippen LogP contribution in [0, 0.1) is 20.8 Å². The highest BCUT2D eigenvalue weighted by atomic mass is 16.5. The Kier molecular flexibility index (Phi) is 3.71. The lowest BCUT2D eigenvalue weighted by atomic mass is 10.2. The summed E-state index contributed by atoms with van der Waals surface area (Å²) in [5.74, 6) is -0.216. The summed E-state index contributed by atoms with van der Waals surface area (Å²) in [6.45, 7) is 6.60. The summed E-state index contributed by atoms with van der Waals surface area (Å²) in [7, 11) is 1.43. The average Bonchev–Trinajstić information content (AvgIpc) is 3.13. The number of methoxy groups -OCH3 is 1. The number of ether oxygens (including phenoxy) is 1. The van der Waals surface area contributed by atoms with Crippen molar-refractivity contribution in [3.05, 3.63) is 17.0 Å². The van der Waals surface area contributed by atoms with Gasteiger partial charge in [0.25, 0.3) is 0 Å². The van der Waals surface area contributed by atoms with E-state index in [0.717, 1.165) is 24.2 Å². The van der Waals surface area contributed by atoms with Crippen LogP contribution >= 0.6 is 0 Å². The lowest BCUT2D eigenvalue weighted by Crippen LogP contribution is -2.42. The second-order valence-electron chi connectivity index (χ2n) is 4.99. The minimum absolute atomic E-state index is 0.216. The molecule has 2 rings (SSSR count). The summed E-state index contributed by atoms with van der Waals surface area (Å²) >= 11 is 0. The van der Waals surface area contributed by atoms with Crippen LogP contribution in [0.4, 0.5) is 0 Å². The fourth-order valence-corrected chi connectivity index (χ4v) is 2.01. The molecule has 1 N–H and O–H groups in total. The SMILES string of the molecule is COC(=O)C(Cn1nc(C)c(C)c1C)NC1CC1. The second-order valence-corrected chi connectivity index (χ2v) is 4.99. The third kappa shape index (κ3) is 2.72. The van der Waals surface area contributed by atoms with Crippen LogP contribution < -0.4 is 5.32 Å². The predicted molar refractivity (Wildman–Crippen MR) is 68.4 cm³/mol. The van der Waals surface area contributed by atoms with E-state index < -0.39 is 0 Å². The van der Waals surface area contributed by atoms with Gasteiger partial charge in [0, 0.05) is 11.7 Å². The molecule has 0 aliphatic heterocycles. The normalized spacial score (nSPS) is 16.7. The van der Waals surface area contributed by atoms with Gasteiger partial charge in [-0.25, -0.2) is 0 Å². The standard InChI is InChI=1S/C13H21N3O2/c1-8-9(2)15-16(10(8)3)7-12(13(17)18-4)14-11-5-6-11/h11-12,14H,5-7H2,1-4H3. The van der Waals surface area contributed by atoms with Gasteiger partial charge in [-0.15, -0.1) is 0 Å². The number of nitrogens with one attached hydrogen (secondary N) is 1. The largest absolute Gasteiger partial charge is 0.468 e. The molecule has 5 heteroatoms. The fraction of sp³-hybridized carbons (Fsp3) is 0.692. The number of carbonyl (C=O) groups is 1. The summed E-state index contributed by atoms with van der Waals surface area (Å²) in [5.41, 5.74) is 3.31. The van der Waals surface area contributed by atoms with Gasteiger partial charge in [-0.2, -0.15) is 5.10 Å². The van der Waals surface area contributed by atoms with Crippen molar-refractivity contribution >= 4 is 5.97 Å². The van der Waals surface area contributed by atoms with Crippen LogP contribution in [0.1, 0.15) is 29.8 Å². The van der Waals surface area contributed by atoms with Crippen LogP contribution in [0.5, 0.6) is 0 Å². The van der Waals surface area contributed by atoms with Crippen LogP contribution in [-0.4, -0.2) is 34.9 Å². The highest BCUT2D eigenvalue weighted by molar-refractivity contribution is 5.75. The van der Waals surface area contributed by atoms with Crippen molar-refractivity contribution < 1.29 is 9.53 Å². The van der Waals surface area contributed by atoms with Gasteiger partial charge in [0.15, 0.2) is 0 Å². The molecule has 1 aromatic heterocycles. The summed E-state index contributed by atoms with van der Waals surface area (Å²) < 4.78 is 6.74. The zero-order chi connectivity index (χ0) is 13.3. The van der Waals surface area contributed by atoms with E-state index in [1.165, 1.54) is 12.7 Å². The first-order valence-electron chi connectivity index (χ1n) is 6.37. The Morgan fingerprint density at radius 3 is 2.61 bits per heavy atom. The molecule has 0 saturated heterocycles. The predicted octanol–water partition coefficient (Wildman–Crippen LogP) is 1.10. The maximum absolute atomic E-state index is 11.8. The van der Waals surface area contributed by atoms with Crippen molar-refractivity contribution in [1.82, 2.24) is 15.1 Å². The van der Waals surface area contributed by atoms with E-state index in [1.807, 2.05) is 18.5 Å². The van der Waals surface area contributed by atoms with E-state index in [2.05, 4.69) is 17.3 Å². The molecular weight excluding hydrogens is 230 g/mol. The van der Waals surface area contributed by atoms with Gasteiger partial charge in [0.2, 0.25) is 0 Å². The van der Waals surface area contributed by atoms with Gasteiger partial charge in [0.1, 0.15) is 6.04 Å². The van der Waals surface area contributed by atoms with Crippen molar-refractivity contribution in [2.24, 2.45) is 0 Å². The lowest BCUT2D eigenvalue weighted by Gasteiger charge is -2.17. The highest BCUT2D eigenvalue weighted by Gasteiger charge is 2.29. The third-order valence-electron chi connectivity index (χ3n) is 3.60. The molecule has 1 aliphatic carbocycles. The zero-order valence-corrected chi connectivity index (χ0v) is 11.5. The number of hydrogen-bond donors (Lipinski definition) is 1. The summed E-state index contributed by atoms with van der Waals surface area (Å²) in [6.07, 6.45) is 2.28. The monoisotopic (exact) mass is 251 g/mol. The molecule has 1 atom stereocenters. The van der Waals surface area contributed by atoms with Gasteiger partial charge in [0.05, 0.1) is 19.3 Å². The van der Waals surface area contributed by atoms with Crippen LogP contribution in [0.15, 0.2) is 0 Å². The summed E-state index contributed by atoms with van der Waals surface area (Å²) in [4.78, 5) is 11.8. The first-order valence-corrected chi connectivity index (χ1v) is 6.37. The molecule has 1 aromatic rings. The molecule has 0 aromatic carbocycles. The summed E-state index contributed by atoms with van der Waals surface area (Å²) in [5, 5.41) is 7.77. The highest BCUT2D eigenvalue weighted by Crippen LogP contribution is 2.20. The molecular formula is C13H21N3O2. The molecule has 0 amide bonds. The molecule has 1 heterocycles. The molecule has 0 radical (unpaired) electrons. The first kappa shape index (κ1) is 13.1. The first-order chi connectivity index (χ1) is 8.52. The molecule has 1 unspecified atom stereocenters. The number of carbonyl (C=O) groups excluding carboxylic acids is 1. The van der Waals surface area contributed by atoms with Crippen molar-refractivity contribution in [2.75, 3.05) is 7.11 Å². The maximum Gasteiger partial charge on any atom is 0.324 e. The minimum Gasteiger partial charge on any atom is -0.468 e. The minimum atomic E-state index is -0.306. The topological polar surface area (TPSA) is 56.2 Å². The van der Waals surface area contributed by atoms with Crippen molar-refractivity contribution in [3.8, 4) is 0 Å². The second kappa shape index (κ2) is 5.10. The Morgan fingerprint density at radius 2 is 2.17 bits per heavy atom. The van der Waals surface area contributed by atoms with E-state index >= 15 is 0 Å². The zero-order valence-electron chi connectivity index (χ0n) is 11.5. The Balaban J connectivity index is 2.11. The Bertz CT molecular complexity index is 449. The van der Waals surface area contributed by atoms with Gasteiger partial charge >= 0.3 is 5.97 Å². The molecule has 1 fully saturated rings. The number of aryl methyl sites for hydroxylation is 1. The quantitative estimate of drug-likeness (QED) is 0.796. The smallest absolute Gasteiger partial charge is 0.324 e.